The van der Waals surface area contributed by atoms with Crippen molar-refractivity contribution in [2.45, 2.75) is 23.3 Å². The van der Waals surface area contributed by atoms with Gasteiger partial charge in [0.25, 0.3) is 11.8 Å². The van der Waals surface area contributed by atoms with Crippen LogP contribution in [0.2, 0.25) is 0 Å². The molecule has 130 valence electrons. The largest absolute Gasteiger partial charge is 0.347 e. The number of fused-ring (bicyclic) bond motifs is 2. The predicted molar refractivity (Wildman–Crippen MR) is 101 cm³/mol. The first-order valence-corrected chi connectivity index (χ1v) is 9.50. The zero-order chi connectivity index (χ0) is 18.1. The van der Waals surface area contributed by atoms with Crippen LogP contribution in [0.15, 0.2) is 52.6 Å². The number of thiazole rings is 1. The minimum absolute atomic E-state index is 0.193. The Morgan fingerprint density at radius 1 is 1.23 bits per heavy atom. The van der Waals surface area contributed by atoms with Crippen LogP contribution in [0.25, 0.3) is 0 Å². The summed E-state index contributed by atoms with van der Waals surface area (Å²) in [6, 6.07) is 6.99. The number of nitrogens with one attached hydrogen (secondary N) is 2. The van der Waals surface area contributed by atoms with Gasteiger partial charge in [0.15, 0.2) is 0 Å². The Labute approximate surface area is 158 Å². The van der Waals surface area contributed by atoms with Gasteiger partial charge in [0, 0.05) is 38.8 Å². The van der Waals surface area contributed by atoms with Crippen LogP contribution in [0.5, 0.6) is 0 Å². The number of hydrogen-bond acceptors (Lipinski definition) is 6. The zero-order valence-electron chi connectivity index (χ0n) is 13.8. The van der Waals surface area contributed by atoms with Gasteiger partial charge < -0.3 is 10.6 Å². The maximum atomic E-state index is 12.4. The Kier molecular flexibility index (Phi) is 4.44. The van der Waals surface area contributed by atoms with Crippen molar-refractivity contribution in [2.75, 3.05) is 5.32 Å². The third-order valence-corrected chi connectivity index (χ3v) is 5.87. The van der Waals surface area contributed by atoms with Crippen LogP contribution in [-0.4, -0.2) is 21.8 Å². The molecule has 0 aliphatic carbocycles. The summed E-state index contributed by atoms with van der Waals surface area (Å²) in [5.41, 5.74) is 1.69. The number of carbonyl (C=O) groups is 2. The first kappa shape index (κ1) is 16.7. The van der Waals surface area contributed by atoms with E-state index in [0.29, 0.717) is 23.4 Å². The van der Waals surface area contributed by atoms with E-state index in [1.165, 1.54) is 11.8 Å². The molecule has 6 nitrogen and oxygen atoms in total. The van der Waals surface area contributed by atoms with Gasteiger partial charge in [0.1, 0.15) is 0 Å². The average molecular weight is 382 g/mol. The topological polar surface area (TPSA) is 84.0 Å². The van der Waals surface area contributed by atoms with Crippen LogP contribution < -0.4 is 10.6 Å². The summed E-state index contributed by atoms with van der Waals surface area (Å²) in [5.74, 6) is -0.395. The van der Waals surface area contributed by atoms with Crippen LogP contribution in [0.4, 0.5) is 5.69 Å². The maximum Gasteiger partial charge on any atom is 0.256 e. The van der Waals surface area contributed by atoms with E-state index in [1.54, 1.807) is 48.1 Å². The third-order valence-electron chi connectivity index (χ3n) is 3.83. The summed E-state index contributed by atoms with van der Waals surface area (Å²) < 4.78 is 0. The molecule has 3 heterocycles. The number of hydrogen-bond donors (Lipinski definition) is 2. The molecule has 0 atom stereocenters. The fourth-order valence-corrected chi connectivity index (χ4v) is 4.28. The second kappa shape index (κ2) is 6.89. The van der Waals surface area contributed by atoms with Crippen LogP contribution in [0.1, 0.15) is 30.6 Å². The minimum Gasteiger partial charge on any atom is -0.347 e. The smallest absolute Gasteiger partial charge is 0.256 e. The Bertz CT molecular complexity index is 1020. The molecule has 2 aromatic heterocycles. The van der Waals surface area contributed by atoms with Crippen LogP contribution >= 0.6 is 23.1 Å². The Morgan fingerprint density at radius 3 is 2.92 bits per heavy atom. The van der Waals surface area contributed by atoms with Crippen molar-refractivity contribution >= 4 is 40.6 Å². The van der Waals surface area contributed by atoms with Crippen molar-refractivity contribution in [2.24, 2.45) is 0 Å². The van der Waals surface area contributed by atoms with Gasteiger partial charge in [-0.3, -0.25) is 14.6 Å². The summed E-state index contributed by atoms with van der Waals surface area (Å²) in [7, 11) is 0. The number of anilines is 1. The fraction of sp³-hybridized carbons (Fsp3) is 0.111. The van der Waals surface area contributed by atoms with E-state index in [0.717, 1.165) is 19.7 Å². The van der Waals surface area contributed by atoms with E-state index in [2.05, 4.69) is 20.6 Å². The van der Waals surface area contributed by atoms with Crippen molar-refractivity contribution < 1.29 is 9.59 Å². The molecule has 0 radical (unpaired) electrons. The molecule has 2 amide bonds. The van der Waals surface area contributed by atoms with Crippen molar-refractivity contribution in [3.63, 3.8) is 0 Å². The standard InChI is InChI=1S/C18H14N4O2S2/c1-10-20-7-12(25-10)8-21-17(23)11-2-3-15-14(6-11)22-18(24)13-4-5-19-9-16(13)26-15/h2-7,9H,8H2,1H3,(H,21,23)(H,22,24). The molecule has 0 saturated carbocycles. The molecular formula is C18H14N4O2S2. The summed E-state index contributed by atoms with van der Waals surface area (Å²) in [6.07, 6.45) is 5.03. The number of pyridine rings is 1. The van der Waals surface area contributed by atoms with Gasteiger partial charge in [-0.05, 0) is 31.2 Å². The predicted octanol–water partition coefficient (Wildman–Crippen LogP) is 3.49. The van der Waals surface area contributed by atoms with Crippen LogP contribution in [0.3, 0.4) is 0 Å². The molecule has 1 aliphatic heterocycles. The minimum atomic E-state index is -0.202. The first-order chi connectivity index (χ1) is 12.6. The van der Waals surface area contributed by atoms with E-state index in [4.69, 9.17) is 0 Å². The highest BCUT2D eigenvalue weighted by Gasteiger charge is 2.21. The van der Waals surface area contributed by atoms with E-state index < -0.39 is 0 Å². The number of benzene rings is 1. The first-order valence-electron chi connectivity index (χ1n) is 7.87. The van der Waals surface area contributed by atoms with Gasteiger partial charge in [0.05, 0.1) is 22.8 Å². The van der Waals surface area contributed by atoms with Crippen molar-refractivity contribution in [3.8, 4) is 0 Å². The second-order valence-corrected chi connectivity index (χ2v) is 8.07. The molecule has 2 N–H and O–H groups in total. The van der Waals surface area contributed by atoms with Gasteiger partial charge in [-0.25, -0.2) is 4.98 Å². The molecule has 1 aromatic carbocycles. The number of rotatable bonds is 3. The van der Waals surface area contributed by atoms with Crippen LogP contribution in [0, 0.1) is 6.92 Å². The van der Waals surface area contributed by atoms with Crippen molar-refractivity contribution in [3.05, 3.63) is 63.9 Å². The zero-order valence-corrected chi connectivity index (χ0v) is 15.4. The highest BCUT2D eigenvalue weighted by Crippen LogP contribution is 2.38. The summed E-state index contributed by atoms with van der Waals surface area (Å²) in [4.78, 5) is 35.8. The van der Waals surface area contributed by atoms with E-state index >= 15 is 0 Å². The van der Waals surface area contributed by atoms with Gasteiger partial charge in [-0.15, -0.1) is 11.3 Å². The normalized spacial score (nSPS) is 12.6. The molecule has 0 spiro atoms. The molecule has 0 fully saturated rings. The van der Waals surface area contributed by atoms with E-state index in [1.807, 2.05) is 13.0 Å². The van der Waals surface area contributed by atoms with Crippen molar-refractivity contribution in [1.82, 2.24) is 15.3 Å². The summed E-state index contributed by atoms with van der Waals surface area (Å²) in [6.45, 7) is 2.36. The molecule has 0 bridgehead atoms. The molecule has 4 rings (SSSR count). The number of aryl methyl sites for hydroxylation is 1. The monoisotopic (exact) mass is 382 g/mol. The Morgan fingerprint density at radius 2 is 2.12 bits per heavy atom. The van der Waals surface area contributed by atoms with Crippen molar-refractivity contribution in [1.29, 1.82) is 0 Å². The van der Waals surface area contributed by atoms with Gasteiger partial charge in [0.2, 0.25) is 0 Å². The lowest BCUT2D eigenvalue weighted by atomic mass is 10.1. The Balaban J connectivity index is 1.55. The molecule has 8 heteroatoms. The lowest BCUT2D eigenvalue weighted by Crippen LogP contribution is -2.22. The third kappa shape index (κ3) is 3.33. The van der Waals surface area contributed by atoms with Gasteiger partial charge in [-0.1, -0.05) is 11.8 Å². The van der Waals surface area contributed by atoms with E-state index in [-0.39, 0.29) is 11.8 Å². The number of carbonyl (C=O) groups excluding carboxylic acids is 2. The number of amides is 2. The molecule has 0 saturated heterocycles. The maximum absolute atomic E-state index is 12.4. The highest BCUT2D eigenvalue weighted by atomic mass is 32.2. The quantitative estimate of drug-likeness (QED) is 0.724. The molecule has 0 unspecified atom stereocenters. The van der Waals surface area contributed by atoms with Crippen LogP contribution in [-0.2, 0) is 6.54 Å². The molecule has 1 aliphatic rings. The lowest BCUT2D eigenvalue weighted by Gasteiger charge is -2.09. The molecular weight excluding hydrogens is 368 g/mol. The van der Waals surface area contributed by atoms with Gasteiger partial charge in [-0.2, -0.15) is 0 Å². The SMILES string of the molecule is Cc1ncc(CNC(=O)c2ccc3c(c2)NC(=O)c2ccncc2S3)s1. The van der Waals surface area contributed by atoms with Gasteiger partial charge >= 0.3 is 0 Å². The average Bonchev–Trinajstić information content (AvgIpc) is 3.00. The number of nitrogens with zero attached hydrogens (tertiary/aromatic N) is 2. The number of aromatic nitrogens is 2. The summed E-state index contributed by atoms with van der Waals surface area (Å²) >= 11 is 3.01. The van der Waals surface area contributed by atoms with E-state index in [9.17, 15) is 9.59 Å². The molecule has 26 heavy (non-hydrogen) atoms. The highest BCUT2D eigenvalue weighted by molar-refractivity contribution is 7.99. The second-order valence-electron chi connectivity index (χ2n) is 5.67. The lowest BCUT2D eigenvalue weighted by molar-refractivity contribution is 0.0949. The summed E-state index contributed by atoms with van der Waals surface area (Å²) in [5, 5.41) is 6.72. The fourth-order valence-electron chi connectivity index (χ4n) is 2.57. The molecule has 3 aromatic rings. The Hall–Kier alpha value is -2.71.